The molecule has 0 saturated heterocycles. The normalized spacial score (nSPS) is 12.1. The monoisotopic (exact) mass is 445 g/mol. The highest BCUT2D eigenvalue weighted by molar-refractivity contribution is 5.96. The quantitative estimate of drug-likeness (QED) is 0.518. The van der Waals surface area contributed by atoms with E-state index in [4.69, 9.17) is 0 Å². The summed E-state index contributed by atoms with van der Waals surface area (Å²) in [6.07, 6.45) is -1.75. The van der Waals surface area contributed by atoms with Crippen LogP contribution in [-0.4, -0.2) is 35.2 Å². The Morgan fingerprint density at radius 1 is 1.16 bits per heavy atom. The Labute approximate surface area is 178 Å². The molecule has 3 aromatic heterocycles. The molecule has 0 atom stereocenters. The van der Waals surface area contributed by atoms with Crippen molar-refractivity contribution in [2.45, 2.75) is 32.5 Å². The van der Waals surface area contributed by atoms with Crippen molar-refractivity contribution < 1.29 is 18.0 Å². The van der Waals surface area contributed by atoms with E-state index in [9.17, 15) is 22.8 Å². The summed E-state index contributed by atoms with van der Waals surface area (Å²) in [5, 5.41) is 6.95. The van der Waals surface area contributed by atoms with Crippen LogP contribution in [0.25, 0.3) is 21.9 Å². The maximum atomic E-state index is 13.1. The van der Waals surface area contributed by atoms with Crippen LogP contribution in [0.3, 0.4) is 0 Å². The zero-order valence-corrected chi connectivity index (χ0v) is 17.3. The number of aromatic nitrogens is 6. The smallest absolute Gasteiger partial charge is 0.318 e. The average Bonchev–Trinajstić information content (AvgIpc) is 3.11. The summed E-state index contributed by atoms with van der Waals surface area (Å²) in [5.41, 5.74) is -0.359. The lowest BCUT2D eigenvalue weighted by atomic mass is 10.0. The summed E-state index contributed by atoms with van der Waals surface area (Å²) in [6, 6.07) is 2.88. The number of fused-ring (bicyclic) bond motifs is 2. The van der Waals surface area contributed by atoms with Crippen LogP contribution in [0.15, 0.2) is 35.6 Å². The van der Waals surface area contributed by atoms with Gasteiger partial charge in [0.15, 0.2) is 17.0 Å². The van der Waals surface area contributed by atoms with Gasteiger partial charge in [-0.3, -0.25) is 9.59 Å². The highest BCUT2D eigenvalue weighted by Crippen LogP contribution is 2.32. The molecule has 0 aliphatic rings. The Hall–Kier alpha value is -3.83. The second kappa shape index (κ2) is 7.70. The van der Waals surface area contributed by atoms with Gasteiger partial charge in [0.25, 0.3) is 5.56 Å². The van der Waals surface area contributed by atoms with E-state index in [1.807, 2.05) is 0 Å². The summed E-state index contributed by atoms with van der Waals surface area (Å²) in [4.78, 5) is 37.8. The fourth-order valence-electron chi connectivity index (χ4n) is 3.37. The highest BCUT2D eigenvalue weighted by atomic mass is 19.4. The van der Waals surface area contributed by atoms with Crippen molar-refractivity contribution in [3.8, 4) is 0 Å². The number of alkyl halides is 3. The van der Waals surface area contributed by atoms with Crippen molar-refractivity contribution in [3.05, 3.63) is 52.5 Å². The molecule has 0 spiro atoms. The number of benzene rings is 1. The van der Waals surface area contributed by atoms with Gasteiger partial charge in [-0.1, -0.05) is 13.8 Å². The van der Waals surface area contributed by atoms with Crippen LogP contribution in [0.2, 0.25) is 0 Å². The lowest BCUT2D eigenvalue weighted by molar-refractivity contribution is -0.137. The third-order valence-electron chi connectivity index (χ3n) is 4.91. The number of nitrogens with one attached hydrogen (secondary N) is 1. The number of amides is 1. The fourth-order valence-corrected chi connectivity index (χ4v) is 3.37. The summed E-state index contributed by atoms with van der Waals surface area (Å²) >= 11 is 0. The van der Waals surface area contributed by atoms with E-state index in [0.717, 1.165) is 22.9 Å². The first kappa shape index (κ1) is 21.4. The lowest BCUT2D eigenvalue weighted by Gasteiger charge is -2.15. The van der Waals surface area contributed by atoms with Crippen molar-refractivity contribution in [1.82, 2.24) is 29.3 Å². The predicted molar refractivity (Wildman–Crippen MR) is 110 cm³/mol. The second-order valence-corrected chi connectivity index (χ2v) is 7.56. The topological polar surface area (TPSA) is 108 Å². The van der Waals surface area contributed by atoms with E-state index in [1.165, 1.54) is 12.7 Å². The van der Waals surface area contributed by atoms with Crippen LogP contribution in [0, 0.1) is 0 Å². The van der Waals surface area contributed by atoms with Gasteiger partial charge in [0, 0.05) is 12.4 Å². The first-order valence-corrected chi connectivity index (χ1v) is 9.60. The third-order valence-corrected chi connectivity index (χ3v) is 4.91. The zero-order chi connectivity index (χ0) is 23.2. The van der Waals surface area contributed by atoms with Gasteiger partial charge in [-0.05, 0) is 24.1 Å². The molecule has 0 aliphatic heterocycles. The third kappa shape index (κ3) is 3.79. The van der Waals surface area contributed by atoms with E-state index in [0.29, 0.717) is 11.2 Å². The predicted octanol–water partition coefficient (Wildman–Crippen LogP) is 2.85. The van der Waals surface area contributed by atoms with E-state index in [-0.39, 0.29) is 28.2 Å². The Kier molecular flexibility index (Phi) is 5.15. The molecule has 0 bridgehead atoms. The molecule has 4 rings (SSSR count). The number of rotatable bonds is 4. The number of aryl methyl sites for hydroxylation is 1. The van der Waals surface area contributed by atoms with Crippen molar-refractivity contribution in [2.24, 2.45) is 7.05 Å². The molecule has 0 aliphatic carbocycles. The minimum absolute atomic E-state index is 0.0543. The van der Waals surface area contributed by atoms with Crippen molar-refractivity contribution in [2.75, 3.05) is 5.32 Å². The van der Waals surface area contributed by atoms with Crippen LogP contribution < -0.4 is 10.9 Å². The molecule has 1 N–H and O–H groups in total. The van der Waals surface area contributed by atoms with Crippen LogP contribution in [-0.2, 0) is 24.6 Å². The Bertz CT molecular complexity index is 1410. The Morgan fingerprint density at radius 2 is 1.91 bits per heavy atom. The SMILES string of the molecule is CC(C)c1nn(CC(=O)Nc2ncnc3c2ncn3C)c(=O)c2ccc(C(F)(F)F)cc12. The number of hydrogen-bond acceptors (Lipinski definition) is 6. The van der Waals surface area contributed by atoms with Crippen LogP contribution in [0.5, 0.6) is 0 Å². The summed E-state index contributed by atoms with van der Waals surface area (Å²) < 4.78 is 42.0. The van der Waals surface area contributed by atoms with Gasteiger partial charge < -0.3 is 9.88 Å². The number of hydrogen-bond donors (Lipinski definition) is 1. The maximum Gasteiger partial charge on any atom is 0.416 e. The van der Waals surface area contributed by atoms with Crippen molar-refractivity contribution in [1.29, 1.82) is 0 Å². The average molecular weight is 445 g/mol. The largest absolute Gasteiger partial charge is 0.416 e. The first-order chi connectivity index (χ1) is 15.1. The summed E-state index contributed by atoms with van der Waals surface area (Å²) in [7, 11) is 1.74. The molecule has 32 heavy (non-hydrogen) atoms. The van der Waals surface area contributed by atoms with E-state index >= 15 is 0 Å². The zero-order valence-electron chi connectivity index (χ0n) is 17.3. The standard InChI is InChI=1S/C20H18F3N7O2/c1-10(2)15-13-6-11(20(21,22)23)4-5-12(13)19(32)30(28-15)7-14(31)27-17-16-18(25-8-24-17)29(3)9-26-16/h4-6,8-10H,7H2,1-3H3,(H,24,25,27,31). The molecule has 9 nitrogen and oxygen atoms in total. The van der Waals surface area contributed by atoms with Crippen LogP contribution in [0.4, 0.5) is 19.0 Å². The summed E-state index contributed by atoms with van der Waals surface area (Å²) in [5.74, 6) is -0.703. The van der Waals surface area contributed by atoms with E-state index in [1.54, 1.807) is 25.5 Å². The van der Waals surface area contributed by atoms with Crippen molar-refractivity contribution in [3.63, 3.8) is 0 Å². The molecule has 4 aromatic rings. The molecule has 166 valence electrons. The number of nitrogens with zero attached hydrogens (tertiary/aromatic N) is 6. The maximum absolute atomic E-state index is 13.1. The van der Waals surface area contributed by atoms with E-state index in [2.05, 4.69) is 25.4 Å². The molecule has 0 radical (unpaired) electrons. The molecule has 0 unspecified atom stereocenters. The van der Waals surface area contributed by atoms with Crippen LogP contribution >= 0.6 is 0 Å². The lowest BCUT2D eigenvalue weighted by Crippen LogP contribution is -2.31. The second-order valence-electron chi connectivity index (χ2n) is 7.56. The molecule has 0 fully saturated rings. The minimum Gasteiger partial charge on any atom is -0.318 e. The van der Waals surface area contributed by atoms with Gasteiger partial charge in [-0.25, -0.2) is 19.6 Å². The van der Waals surface area contributed by atoms with Gasteiger partial charge >= 0.3 is 6.18 Å². The Morgan fingerprint density at radius 3 is 2.59 bits per heavy atom. The van der Waals surface area contributed by atoms with Gasteiger partial charge in [-0.2, -0.15) is 18.3 Å². The number of imidazole rings is 1. The molecule has 3 heterocycles. The van der Waals surface area contributed by atoms with Crippen molar-refractivity contribution >= 4 is 33.7 Å². The molecule has 12 heteroatoms. The number of carbonyl (C=O) groups is 1. The number of anilines is 1. The molecule has 0 saturated carbocycles. The first-order valence-electron chi connectivity index (χ1n) is 9.60. The molecular weight excluding hydrogens is 427 g/mol. The molecule has 1 amide bonds. The minimum atomic E-state index is -4.55. The molecular formula is C20H18F3N7O2. The van der Waals surface area contributed by atoms with Gasteiger partial charge in [0.1, 0.15) is 12.9 Å². The van der Waals surface area contributed by atoms with Crippen LogP contribution in [0.1, 0.15) is 31.0 Å². The fraction of sp³-hybridized carbons (Fsp3) is 0.300. The highest BCUT2D eigenvalue weighted by Gasteiger charge is 2.31. The summed E-state index contributed by atoms with van der Waals surface area (Å²) in [6.45, 7) is 3.04. The number of halogens is 3. The van der Waals surface area contributed by atoms with E-state index < -0.39 is 29.8 Å². The Balaban J connectivity index is 1.71. The number of carbonyl (C=O) groups excluding carboxylic acids is 1. The van der Waals surface area contributed by atoms with Gasteiger partial charge in [-0.15, -0.1) is 0 Å². The molecule has 1 aromatic carbocycles. The van der Waals surface area contributed by atoms with Gasteiger partial charge in [0.05, 0.1) is 23.0 Å². The van der Waals surface area contributed by atoms with Gasteiger partial charge in [0.2, 0.25) is 5.91 Å².